The molecular weight excluding hydrogens is 222 g/mol. The lowest BCUT2D eigenvalue weighted by atomic mass is 10.1. The molecule has 0 unspecified atom stereocenters. The second-order valence-corrected chi connectivity index (χ2v) is 4.77. The minimum absolute atomic E-state index is 0.726. The Balaban J connectivity index is 2.16. The highest BCUT2D eigenvalue weighted by atomic mass is 15.2. The molecule has 1 aromatic heterocycles. The lowest BCUT2D eigenvalue weighted by Crippen LogP contribution is -2.19. The van der Waals surface area contributed by atoms with Crippen LogP contribution in [0.5, 0.6) is 0 Å². The van der Waals surface area contributed by atoms with Crippen LogP contribution in [0.4, 0.5) is 11.5 Å². The summed E-state index contributed by atoms with van der Waals surface area (Å²) in [6.45, 7) is 4.89. The van der Waals surface area contributed by atoms with Crippen LogP contribution in [-0.4, -0.2) is 12.0 Å². The van der Waals surface area contributed by atoms with Gasteiger partial charge in [-0.2, -0.15) is 0 Å². The van der Waals surface area contributed by atoms with Gasteiger partial charge >= 0.3 is 0 Å². The molecule has 0 aliphatic rings. The van der Waals surface area contributed by atoms with E-state index in [4.69, 9.17) is 5.73 Å². The third-order valence-electron chi connectivity index (χ3n) is 2.93. The van der Waals surface area contributed by atoms with Gasteiger partial charge in [-0.25, -0.2) is 4.98 Å². The van der Waals surface area contributed by atoms with Gasteiger partial charge in [-0.3, -0.25) is 0 Å². The predicted molar refractivity (Wildman–Crippen MR) is 76.7 cm³/mol. The minimum Gasteiger partial charge on any atom is -0.396 e. The van der Waals surface area contributed by atoms with Crippen molar-refractivity contribution in [2.24, 2.45) is 0 Å². The van der Waals surface area contributed by atoms with Crippen molar-refractivity contribution in [3.05, 3.63) is 53.2 Å². The Hall–Kier alpha value is -2.03. The number of hydrogen-bond donors (Lipinski definition) is 1. The number of nitrogens with zero attached hydrogens (tertiary/aromatic N) is 2. The summed E-state index contributed by atoms with van der Waals surface area (Å²) in [6.07, 6.45) is 1.84. The van der Waals surface area contributed by atoms with E-state index in [0.29, 0.717) is 0 Å². The Morgan fingerprint density at radius 2 is 1.78 bits per heavy atom. The third kappa shape index (κ3) is 2.80. The van der Waals surface area contributed by atoms with E-state index >= 15 is 0 Å². The van der Waals surface area contributed by atoms with Gasteiger partial charge in [-0.05, 0) is 31.0 Å². The molecule has 1 aromatic carbocycles. The monoisotopic (exact) mass is 241 g/mol. The average Bonchev–Trinajstić information content (AvgIpc) is 2.32. The van der Waals surface area contributed by atoms with Crippen molar-refractivity contribution in [3.8, 4) is 0 Å². The maximum atomic E-state index is 6.00. The van der Waals surface area contributed by atoms with Crippen molar-refractivity contribution in [3.63, 3.8) is 0 Å². The van der Waals surface area contributed by atoms with E-state index in [-0.39, 0.29) is 0 Å². The summed E-state index contributed by atoms with van der Waals surface area (Å²) >= 11 is 0. The Bertz CT molecular complexity index is 532. The molecule has 0 fully saturated rings. The van der Waals surface area contributed by atoms with E-state index in [1.54, 1.807) is 0 Å². The van der Waals surface area contributed by atoms with Gasteiger partial charge in [0.2, 0.25) is 0 Å². The molecule has 2 aromatic rings. The van der Waals surface area contributed by atoms with Crippen molar-refractivity contribution < 1.29 is 0 Å². The quantitative estimate of drug-likeness (QED) is 0.898. The Kier molecular flexibility index (Phi) is 3.51. The molecule has 0 bridgehead atoms. The molecule has 2 N–H and O–H groups in total. The lowest BCUT2D eigenvalue weighted by Gasteiger charge is -2.20. The summed E-state index contributed by atoms with van der Waals surface area (Å²) < 4.78 is 0. The first-order valence-electron chi connectivity index (χ1n) is 6.05. The topological polar surface area (TPSA) is 42.2 Å². The second-order valence-electron chi connectivity index (χ2n) is 4.77. The van der Waals surface area contributed by atoms with Crippen molar-refractivity contribution in [1.29, 1.82) is 0 Å². The number of pyridine rings is 1. The Morgan fingerprint density at radius 1 is 1.11 bits per heavy atom. The molecule has 0 amide bonds. The zero-order valence-corrected chi connectivity index (χ0v) is 11.1. The van der Waals surface area contributed by atoms with Gasteiger partial charge < -0.3 is 10.6 Å². The molecule has 3 nitrogen and oxygen atoms in total. The molecule has 2 rings (SSSR count). The maximum Gasteiger partial charge on any atom is 0.151 e. The van der Waals surface area contributed by atoms with Gasteiger partial charge in [-0.15, -0.1) is 0 Å². The number of rotatable bonds is 3. The van der Waals surface area contributed by atoms with Crippen LogP contribution in [-0.2, 0) is 6.54 Å². The molecule has 94 valence electrons. The highest BCUT2D eigenvalue weighted by Crippen LogP contribution is 2.21. The first kappa shape index (κ1) is 12.4. The molecule has 18 heavy (non-hydrogen) atoms. The van der Waals surface area contributed by atoms with Gasteiger partial charge in [0.05, 0.1) is 5.69 Å². The van der Waals surface area contributed by atoms with Gasteiger partial charge in [0, 0.05) is 19.8 Å². The standard InChI is InChI=1S/C15H19N3/c1-11-4-6-13(7-5-11)10-18(3)15-14(16)8-12(2)9-17-15/h4-9H,10,16H2,1-3H3. The first-order valence-corrected chi connectivity index (χ1v) is 6.05. The number of nitrogens with two attached hydrogens (primary N) is 1. The molecule has 3 heteroatoms. The molecule has 1 heterocycles. The first-order chi connectivity index (χ1) is 8.56. The van der Waals surface area contributed by atoms with Gasteiger partial charge in [-0.1, -0.05) is 29.8 Å². The van der Waals surface area contributed by atoms with Gasteiger partial charge in [0.1, 0.15) is 0 Å². The molecule has 0 radical (unpaired) electrons. The van der Waals surface area contributed by atoms with E-state index in [2.05, 4.69) is 41.1 Å². The van der Waals surface area contributed by atoms with Gasteiger partial charge in [0.15, 0.2) is 5.82 Å². The third-order valence-corrected chi connectivity index (χ3v) is 2.93. The fourth-order valence-corrected chi connectivity index (χ4v) is 1.95. The number of hydrogen-bond acceptors (Lipinski definition) is 3. The van der Waals surface area contributed by atoms with Crippen LogP contribution in [0, 0.1) is 13.8 Å². The van der Waals surface area contributed by atoms with E-state index in [0.717, 1.165) is 23.6 Å². The van der Waals surface area contributed by atoms with Crippen LogP contribution in [0.15, 0.2) is 36.5 Å². The van der Waals surface area contributed by atoms with Crippen LogP contribution in [0.3, 0.4) is 0 Å². The molecule has 0 aliphatic heterocycles. The van der Waals surface area contributed by atoms with Crippen molar-refractivity contribution in [1.82, 2.24) is 4.98 Å². The fourth-order valence-electron chi connectivity index (χ4n) is 1.95. The van der Waals surface area contributed by atoms with Crippen LogP contribution in [0.25, 0.3) is 0 Å². The number of benzene rings is 1. The van der Waals surface area contributed by atoms with Gasteiger partial charge in [0.25, 0.3) is 0 Å². The fraction of sp³-hybridized carbons (Fsp3) is 0.267. The summed E-state index contributed by atoms with van der Waals surface area (Å²) in [5.41, 5.74) is 10.3. The van der Waals surface area contributed by atoms with Crippen molar-refractivity contribution in [2.45, 2.75) is 20.4 Å². The van der Waals surface area contributed by atoms with Crippen LogP contribution >= 0.6 is 0 Å². The van der Waals surface area contributed by atoms with E-state index < -0.39 is 0 Å². The predicted octanol–water partition coefficient (Wildman–Crippen LogP) is 2.92. The van der Waals surface area contributed by atoms with Crippen LogP contribution in [0.2, 0.25) is 0 Å². The minimum atomic E-state index is 0.726. The number of aromatic nitrogens is 1. The average molecular weight is 241 g/mol. The molecule has 0 spiro atoms. The Labute approximate surface area is 108 Å². The number of aryl methyl sites for hydroxylation is 2. The molecule has 0 atom stereocenters. The smallest absolute Gasteiger partial charge is 0.151 e. The zero-order chi connectivity index (χ0) is 13.1. The number of anilines is 2. The summed E-state index contributed by atoms with van der Waals surface area (Å²) in [7, 11) is 2.01. The SMILES string of the molecule is Cc1ccc(CN(C)c2ncc(C)cc2N)cc1. The molecule has 0 saturated carbocycles. The summed E-state index contributed by atoms with van der Waals surface area (Å²) in [6, 6.07) is 10.5. The van der Waals surface area contributed by atoms with Crippen LogP contribution in [0.1, 0.15) is 16.7 Å². The van der Waals surface area contributed by atoms with Crippen molar-refractivity contribution in [2.75, 3.05) is 17.7 Å². The molecular formula is C15H19N3. The largest absolute Gasteiger partial charge is 0.396 e. The van der Waals surface area contributed by atoms with E-state index in [9.17, 15) is 0 Å². The maximum absolute atomic E-state index is 6.00. The Morgan fingerprint density at radius 3 is 2.39 bits per heavy atom. The molecule has 0 saturated heterocycles. The van der Waals surface area contributed by atoms with E-state index in [1.807, 2.05) is 26.2 Å². The van der Waals surface area contributed by atoms with E-state index in [1.165, 1.54) is 11.1 Å². The zero-order valence-electron chi connectivity index (χ0n) is 11.1. The highest BCUT2D eigenvalue weighted by Gasteiger charge is 2.07. The summed E-state index contributed by atoms with van der Waals surface area (Å²) in [5, 5.41) is 0. The van der Waals surface area contributed by atoms with Crippen molar-refractivity contribution >= 4 is 11.5 Å². The summed E-state index contributed by atoms with van der Waals surface area (Å²) in [5.74, 6) is 0.834. The summed E-state index contributed by atoms with van der Waals surface area (Å²) in [4.78, 5) is 6.46. The number of nitrogen functional groups attached to an aromatic ring is 1. The normalized spacial score (nSPS) is 10.4. The van der Waals surface area contributed by atoms with Crippen LogP contribution < -0.4 is 10.6 Å². The highest BCUT2D eigenvalue weighted by molar-refractivity contribution is 5.63. The second kappa shape index (κ2) is 5.08. The molecule has 0 aliphatic carbocycles. The lowest BCUT2D eigenvalue weighted by molar-refractivity contribution is 0.898.